The molecule has 0 fully saturated rings. The minimum absolute atomic E-state index is 0. The minimum Gasteiger partial charge on any atom is -0.197 e. The molecule has 0 bridgehead atoms. The molecular formula is C3H2KN2+. The molecule has 0 rings (SSSR count). The third-order valence-electron chi connectivity index (χ3n) is 0.158. The van der Waals surface area contributed by atoms with Crippen LogP contribution in [0.1, 0.15) is 6.42 Å². The molecule has 0 aliphatic rings. The van der Waals surface area contributed by atoms with Crippen LogP contribution >= 0.6 is 0 Å². The smallest absolute Gasteiger partial charge is 0.197 e. The van der Waals surface area contributed by atoms with Gasteiger partial charge in [-0.05, 0) is 0 Å². The van der Waals surface area contributed by atoms with Gasteiger partial charge < -0.3 is 0 Å². The number of rotatable bonds is 0. The van der Waals surface area contributed by atoms with E-state index in [1.807, 2.05) is 0 Å². The van der Waals surface area contributed by atoms with Crippen LogP contribution in [-0.2, 0) is 0 Å². The predicted molar refractivity (Wildman–Crippen MR) is 15.8 cm³/mol. The normalized spacial score (nSPS) is 3.67. The molecule has 0 N–H and O–H groups in total. The second-order valence-electron chi connectivity index (χ2n) is 0.493. The molecule has 0 saturated carbocycles. The molecule has 6 heavy (non-hydrogen) atoms. The van der Waals surface area contributed by atoms with Crippen molar-refractivity contribution >= 4 is 0 Å². The fourth-order valence-corrected chi connectivity index (χ4v) is 0.0354. The summed E-state index contributed by atoms with van der Waals surface area (Å²) in [7, 11) is 0. The van der Waals surface area contributed by atoms with Crippen LogP contribution in [0.3, 0.4) is 0 Å². The van der Waals surface area contributed by atoms with Crippen molar-refractivity contribution in [2.75, 3.05) is 0 Å². The van der Waals surface area contributed by atoms with Crippen molar-refractivity contribution in [2.45, 2.75) is 6.42 Å². The first-order valence-corrected chi connectivity index (χ1v) is 1.15. The average molecular weight is 105 g/mol. The molecule has 0 aliphatic carbocycles. The van der Waals surface area contributed by atoms with Crippen molar-refractivity contribution in [3.05, 3.63) is 0 Å². The van der Waals surface area contributed by atoms with E-state index in [1.54, 1.807) is 12.1 Å². The third kappa shape index (κ3) is 8.82. The largest absolute Gasteiger partial charge is 1.00 e. The van der Waals surface area contributed by atoms with Gasteiger partial charge in [-0.25, -0.2) is 0 Å². The second-order valence-corrected chi connectivity index (χ2v) is 0.493. The summed E-state index contributed by atoms with van der Waals surface area (Å²) in [5, 5.41) is 15.2. The van der Waals surface area contributed by atoms with Crippen molar-refractivity contribution in [2.24, 2.45) is 0 Å². The van der Waals surface area contributed by atoms with E-state index in [0.717, 1.165) is 0 Å². The monoisotopic (exact) mass is 105 g/mol. The maximum Gasteiger partial charge on any atom is 1.00 e. The Morgan fingerprint density at radius 3 is 1.50 bits per heavy atom. The van der Waals surface area contributed by atoms with E-state index >= 15 is 0 Å². The molecule has 0 radical (unpaired) electrons. The molecule has 0 aromatic rings. The Balaban J connectivity index is 0. The van der Waals surface area contributed by atoms with Crippen molar-refractivity contribution < 1.29 is 51.4 Å². The van der Waals surface area contributed by atoms with E-state index in [4.69, 9.17) is 10.5 Å². The summed E-state index contributed by atoms with van der Waals surface area (Å²) in [4.78, 5) is 0. The number of nitrogens with zero attached hydrogens (tertiary/aromatic N) is 2. The molecular weight excluding hydrogens is 103 g/mol. The Bertz CT molecular complexity index is 73.9. The van der Waals surface area contributed by atoms with Crippen molar-refractivity contribution in [3.63, 3.8) is 0 Å². The maximum atomic E-state index is 7.59. The second kappa shape index (κ2) is 9.15. The molecule has 2 nitrogen and oxygen atoms in total. The third-order valence-corrected chi connectivity index (χ3v) is 0.158. The van der Waals surface area contributed by atoms with Gasteiger partial charge in [-0.1, -0.05) is 0 Å². The van der Waals surface area contributed by atoms with E-state index in [2.05, 4.69) is 0 Å². The zero-order valence-electron chi connectivity index (χ0n) is 3.60. The summed E-state index contributed by atoms with van der Waals surface area (Å²) < 4.78 is 0. The molecule has 0 spiro atoms. The molecule has 0 saturated heterocycles. The van der Waals surface area contributed by atoms with Crippen LogP contribution in [0.2, 0.25) is 0 Å². The number of hydrogen-bond acceptors (Lipinski definition) is 2. The molecule has 0 aromatic heterocycles. The van der Waals surface area contributed by atoms with Crippen LogP contribution in [0.4, 0.5) is 0 Å². The summed E-state index contributed by atoms with van der Waals surface area (Å²) in [6.07, 6.45) is 0. The minimum atomic E-state index is 0. The first-order valence-electron chi connectivity index (χ1n) is 1.15. The average Bonchev–Trinajstić information content (AvgIpc) is 1.41. The Labute approximate surface area is 79.2 Å². The predicted octanol–water partition coefficient (Wildman–Crippen LogP) is -2.57. The Kier molecular flexibility index (Phi) is 14.9. The topological polar surface area (TPSA) is 47.6 Å². The fourth-order valence-electron chi connectivity index (χ4n) is 0.0354. The van der Waals surface area contributed by atoms with Gasteiger partial charge in [0.25, 0.3) is 0 Å². The van der Waals surface area contributed by atoms with Gasteiger partial charge >= 0.3 is 51.4 Å². The van der Waals surface area contributed by atoms with Gasteiger partial charge in [-0.2, -0.15) is 10.5 Å². The van der Waals surface area contributed by atoms with Crippen LogP contribution in [0.5, 0.6) is 0 Å². The van der Waals surface area contributed by atoms with Crippen molar-refractivity contribution in [3.8, 4) is 12.1 Å². The summed E-state index contributed by atoms with van der Waals surface area (Å²) in [6, 6.07) is 3.31. The van der Waals surface area contributed by atoms with Crippen LogP contribution < -0.4 is 51.4 Å². The zero-order chi connectivity index (χ0) is 4.12. The first kappa shape index (κ1) is 9.79. The zero-order valence-corrected chi connectivity index (χ0v) is 6.72. The van der Waals surface area contributed by atoms with Gasteiger partial charge in [0.05, 0.1) is 12.1 Å². The van der Waals surface area contributed by atoms with Crippen molar-refractivity contribution in [1.82, 2.24) is 0 Å². The molecule has 0 unspecified atom stereocenters. The van der Waals surface area contributed by atoms with Gasteiger partial charge in [0.15, 0.2) is 0 Å². The quantitative estimate of drug-likeness (QED) is 0.318. The number of nitriles is 2. The van der Waals surface area contributed by atoms with Crippen molar-refractivity contribution in [1.29, 1.82) is 10.5 Å². The van der Waals surface area contributed by atoms with E-state index in [-0.39, 0.29) is 57.8 Å². The molecule has 0 heterocycles. The maximum absolute atomic E-state index is 7.59. The standard InChI is InChI=1S/C3H2N2.K/c4-2-1-3-5;/h1H2;/q;+1. The molecule has 0 amide bonds. The molecule has 0 aliphatic heterocycles. The molecule has 0 aromatic carbocycles. The SMILES string of the molecule is N#CCC#N.[K+]. The van der Waals surface area contributed by atoms with Gasteiger partial charge in [-0.15, -0.1) is 0 Å². The van der Waals surface area contributed by atoms with Gasteiger partial charge in [-0.3, -0.25) is 0 Å². The Morgan fingerprint density at radius 2 is 1.50 bits per heavy atom. The Hall–Kier alpha value is 0.616. The Morgan fingerprint density at radius 1 is 1.17 bits per heavy atom. The molecule has 0 atom stereocenters. The fraction of sp³-hybridized carbons (Fsp3) is 0.333. The first-order chi connectivity index (χ1) is 2.41. The number of hydrogen-bond donors (Lipinski definition) is 0. The van der Waals surface area contributed by atoms with E-state index in [0.29, 0.717) is 0 Å². The summed E-state index contributed by atoms with van der Waals surface area (Å²) >= 11 is 0. The van der Waals surface area contributed by atoms with Crippen LogP contribution in [0.25, 0.3) is 0 Å². The van der Waals surface area contributed by atoms with Crippen LogP contribution in [-0.4, -0.2) is 0 Å². The van der Waals surface area contributed by atoms with E-state index in [9.17, 15) is 0 Å². The van der Waals surface area contributed by atoms with Gasteiger partial charge in [0.2, 0.25) is 0 Å². The summed E-state index contributed by atoms with van der Waals surface area (Å²) in [5.41, 5.74) is 0. The molecule has 24 valence electrons. The van der Waals surface area contributed by atoms with E-state index in [1.165, 1.54) is 0 Å². The van der Waals surface area contributed by atoms with Crippen LogP contribution in [0.15, 0.2) is 0 Å². The van der Waals surface area contributed by atoms with Gasteiger partial charge in [0.1, 0.15) is 6.42 Å². The van der Waals surface area contributed by atoms with Gasteiger partial charge in [0, 0.05) is 0 Å². The van der Waals surface area contributed by atoms with Crippen LogP contribution in [0, 0.1) is 22.7 Å². The summed E-state index contributed by atoms with van der Waals surface area (Å²) in [6.45, 7) is 0. The molecule has 3 heteroatoms. The van der Waals surface area contributed by atoms with E-state index < -0.39 is 0 Å². The summed E-state index contributed by atoms with van der Waals surface area (Å²) in [5.74, 6) is 0.